The molecule has 4 N–H and O–H groups in total. The molecule has 0 aliphatic carbocycles. The first-order chi connectivity index (χ1) is 27.5. The summed E-state index contributed by atoms with van der Waals surface area (Å²) < 4.78 is 14.8. The van der Waals surface area contributed by atoms with E-state index in [-0.39, 0.29) is 53.8 Å². The average Bonchev–Trinajstić information content (AvgIpc) is 3.17. The predicted molar refractivity (Wildman–Crippen MR) is 252 cm³/mol. The molecule has 17 heteroatoms. The van der Waals surface area contributed by atoms with Crippen LogP contribution in [0, 0.1) is 0 Å². The number of halogens is 3. The van der Waals surface area contributed by atoms with E-state index in [1.807, 2.05) is 72.8 Å². The molecule has 0 fully saturated rings. The predicted octanol–water partition coefficient (Wildman–Crippen LogP) is 9.00. The van der Waals surface area contributed by atoms with Gasteiger partial charge < -0.3 is 38.9 Å². The van der Waals surface area contributed by atoms with Gasteiger partial charge >= 0.3 is 7.12 Å². The third-order valence-corrected chi connectivity index (χ3v) is 8.36. The Morgan fingerprint density at radius 1 is 0.629 bits per heavy atom. The van der Waals surface area contributed by atoms with Crippen molar-refractivity contribution in [3.8, 4) is 22.6 Å². The summed E-state index contributed by atoms with van der Waals surface area (Å²) in [5.74, 6) is -0.106. The first-order valence-corrected chi connectivity index (χ1v) is 18.7. The molecule has 0 aliphatic heterocycles. The zero-order valence-electron chi connectivity index (χ0n) is 32.3. The van der Waals surface area contributed by atoms with Crippen molar-refractivity contribution in [3.05, 3.63) is 180 Å². The van der Waals surface area contributed by atoms with E-state index in [4.69, 9.17) is 62.5 Å². The van der Waals surface area contributed by atoms with Gasteiger partial charge in [0.05, 0.1) is 31.8 Å². The first-order valence-electron chi connectivity index (χ1n) is 17.1. The Hall–Kier alpha value is -4.97. The second-order valence-corrected chi connectivity index (χ2v) is 13.5. The molecule has 6 rings (SSSR count). The van der Waals surface area contributed by atoms with Crippen molar-refractivity contribution < 1.29 is 59.7 Å². The van der Waals surface area contributed by atoms with Gasteiger partial charge in [0.2, 0.25) is 0 Å². The number of pyridine rings is 2. The van der Waals surface area contributed by atoms with E-state index >= 15 is 0 Å². The number of ether oxygens (including phenoxy) is 2. The van der Waals surface area contributed by atoms with Gasteiger partial charge in [-0.05, 0) is 98.7 Å². The number of carboxylic acids is 2. The molecule has 4 aromatic carbocycles. The van der Waals surface area contributed by atoms with Gasteiger partial charge in [0.15, 0.2) is 0 Å². The van der Waals surface area contributed by atoms with Crippen molar-refractivity contribution in [3.63, 3.8) is 0 Å². The van der Waals surface area contributed by atoms with Crippen LogP contribution in [0.5, 0.6) is 11.5 Å². The Kier molecular flexibility index (Phi) is 32.3. The number of benzene rings is 4. The Balaban J connectivity index is -0.000000789. The summed E-state index contributed by atoms with van der Waals surface area (Å²) in [7, 11) is 1.84. The monoisotopic (exact) mass is 1050 g/mol. The van der Waals surface area contributed by atoms with E-state index in [0.29, 0.717) is 28.6 Å². The maximum atomic E-state index is 11.9. The van der Waals surface area contributed by atoms with Crippen molar-refractivity contribution in [1.82, 2.24) is 9.13 Å². The molecule has 0 amide bonds. The number of hydrogen-bond acceptors (Lipinski definition) is 8. The van der Waals surface area contributed by atoms with Gasteiger partial charge in [-0.2, -0.15) is 0 Å². The zero-order chi connectivity index (χ0) is 43.2. The summed E-state index contributed by atoms with van der Waals surface area (Å²) in [5, 5.41) is 33.3. The van der Waals surface area contributed by atoms with Crippen LogP contribution in [-0.2, 0) is 43.1 Å². The van der Waals surface area contributed by atoms with Crippen LogP contribution in [-0.4, -0.2) is 62.7 Å². The van der Waals surface area contributed by atoms with Crippen molar-refractivity contribution in [1.29, 1.82) is 0 Å². The number of nitrogens with zero attached hydrogens (tertiary/aromatic N) is 2. The molecule has 62 heavy (non-hydrogen) atoms. The van der Waals surface area contributed by atoms with E-state index < -0.39 is 19.1 Å². The minimum absolute atomic E-state index is 0. The Morgan fingerprint density at radius 2 is 1.06 bits per heavy atom. The normalized spacial score (nSPS) is 9.05. The summed E-state index contributed by atoms with van der Waals surface area (Å²) in [6.07, 6.45) is 3.56. The van der Waals surface area contributed by atoms with Crippen LogP contribution in [0.1, 0.15) is 47.3 Å². The van der Waals surface area contributed by atoms with Crippen LogP contribution in [0.15, 0.2) is 148 Å². The van der Waals surface area contributed by atoms with Crippen molar-refractivity contribution in [2.24, 2.45) is 0 Å². The summed E-state index contributed by atoms with van der Waals surface area (Å²) in [6, 6.07) is 36.1. The van der Waals surface area contributed by atoms with E-state index in [2.05, 4.69) is 15.9 Å². The van der Waals surface area contributed by atoms with Crippen LogP contribution in [0.25, 0.3) is 11.1 Å². The minimum atomic E-state index is -1.43. The number of methoxy groups -OCH3 is 2. The molecule has 0 unspecified atom stereocenters. The molecular weight excluding hydrogens is 997 g/mol. The van der Waals surface area contributed by atoms with Gasteiger partial charge in [0, 0.05) is 74.4 Å². The van der Waals surface area contributed by atoms with Gasteiger partial charge in [-0.3, -0.25) is 19.2 Å². The second kappa shape index (κ2) is 32.7. The largest absolute Gasteiger partial charge is 0.496 e. The third kappa shape index (κ3) is 23.3. The number of aromatic nitrogens is 2. The fourth-order valence-electron chi connectivity index (χ4n) is 4.79. The van der Waals surface area contributed by atoms with Crippen molar-refractivity contribution in [2.45, 2.75) is 49.2 Å². The summed E-state index contributed by atoms with van der Waals surface area (Å²) in [5.41, 5.74) is 4.40. The van der Waals surface area contributed by atoms with E-state index in [0.717, 1.165) is 52.1 Å². The molecule has 0 atom stereocenters. The fraction of sp³-hybridized carbons (Fsp3) is 0.200. The molecule has 0 aliphatic rings. The third-order valence-electron chi connectivity index (χ3n) is 7.27. The SMILES string of the molecule is C.C.C.CC(=O)O.CC(=O)O.COc1ccc(Cn2ccccc2=O)cc1-c1cccc(Cl)c1.COc1ccc(Cn2ccccc2=O)cc1Br.OB(O)c1cccc(Cl)c1.[Pd]. The summed E-state index contributed by atoms with van der Waals surface area (Å²) in [4.78, 5) is 41.4. The van der Waals surface area contributed by atoms with E-state index in [9.17, 15) is 9.59 Å². The molecular formula is C45H54BBrCl2N2O10Pd. The molecule has 0 saturated carbocycles. The molecule has 2 heterocycles. The zero-order valence-corrected chi connectivity index (χ0v) is 36.9. The van der Waals surface area contributed by atoms with Crippen molar-refractivity contribution >= 4 is 63.7 Å². The Labute approximate surface area is 396 Å². The molecule has 338 valence electrons. The fourth-order valence-corrected chi connectivity index (χ4v) is 5.76. The summed E-state index contributed by atoms with van der Waals surface area (Å²) >= 11 is 15.1. The van der Waals surface area contributed by atoms with E-state index in [1.54, 1.807) is 78.2 Å². The molecule has 0 radical (unpaired) electrons. The van der Waals surface area contributed by atoms with Gasteiger partial charge in [0.25, 0.3) is 23.1 Å². The second-order valence-electron chi connectivity index (χ2n) is 11.8. The summed E-state index contributed by atoms with van der Waals surface area (Å²) in [6.45, 7) is 3.24. The van der Waals surface area contributed by atoms with Crippen LogP contribution >= 0.6 is 39.1 Å². The van der Waals surface area contributed by atoms with Gasteiger partial charge in [0.1, 0.15) is 11.5 Å². The molecule has 0 saturated heterocycles. The van der Waals surface area contributed by atoms with Crippen molar-refractivity contribution in [2.75, 3.05) is 14.2 Å². The molecule has 0 bridgehead atoms. The van der Waals surface area contributed by atoms with Crippen LogP contribution < -0.4 is 26.1 Å². The minimum Gasteiger partial charge on any atom is -0.496 e. The van der Waals surface area contributed by atoms with Crippen LogP contribution in [0.2, 0.25) is 10.0 Å². The number of carboxylic acid groups (broad SMARTS) is 2. The molecule has 6 aromatic rings. The van der Waals surface area contributed by atoms with Gasteiger partial charge in [-0.15, -0.1) is 0 Å². The molecule has 0 spiro atoms. The number of rotatable bonds is 8. The number of aliphatic carboxylic acids is 2. The van der Waals surface area contributed by atoms with Crippen LogP contribution in [0.4, 0.5) is 0 Å². The smallest absolute Gasteiger partial charge is 0.488 e. The Morgan fingerprint density at radius 3 is 1.45 bits per heavy atom. The molecule has 12 nitrogen and oxygen atoms in total. The molecule has 2 aromatic heterocycles. The maximum Gasteiger partial charge on any atom is 0.488 e. The average molecular weight is 1050 g/mol. The number of carbonyl (C=O) groups is 2. The number of hydrogen-bond donors (Lipinski definition) is 4. The van der Waals surface area contributed by atoms with E-state index in [1.165, 1.54) is 6.07 Å². The standard InChI is InChI=1S/C19H16ClNO2.C13H12BrNO2.C6H6BClO2.2C2H4O2.3CH4.Pd/c1-23-18-9-8-14(13-21-10-3-2-7-19(21)22)11-17(18)15-5-4-6-16(20)12-15;1-17-12-6-5-10(8-11(12)14)9-15-7-3-2-4-13(15)16;8-6-3-1-2-5(4-6)7(9)10;2*1-2(3)4;;;;/h2-12H,13H2,1H3;2-8H,9H2,1H3;1-4,9-10H;2*1H3,(H,3,4);3*1H4;. The Bertz CT molecular complexity index is 2340. The quantitative estimate of drug-likeness (QED) is 0.108. The first kappa shape index (κ1) is 61.3. The van der Waals surface area contributed by atoms with Crippen LogP contribution in [0.3, 0.4) is 0 Å². The van der Waals surface area contributed by atoms with Gasteiger partial charge in [-0.25, -0.2) is 0 Å². The topological polar surface area (TPSA) is 178 Å². The van der Waals surface area contributed by atoms with Gasteiger partial charge in [-0.1, -0.05) is 94.0 Å². The maximum absolute atomic E-state index is 11.9.